The number of hydrogen-bond donors (Lipinski definition) is 3. The first-order valence-corrected chi connectivity index (χ1v) is 13.5. The summed E-state index contributed by atoms with van der Waals surface area (Å²) in [7, 11) is -2.17. The Hall–Kier alpha value is -2.99. The second kappa shape index (κ2) is 9.87. The van der Waals surface area contributed by atoms with E-state index in [9.17, 15) is 8.42 Å². The minimum absolute atomic E-state index is 0.173. The van der Waals surface area contributed by atoms with Crippen LogP contribution in [-0.4, -0.2) is 36.7 Å². The zero-order valence-electron chi connectivity index (χ0n) is 18.2. The maximum Gasteiger partial charge on any atom is 0.240 e. The van der Waals surface area contributed by atoms with Crippen molar-refractivity contribution in [1.82, 2.24) is 19.7 Å². The number of thiazole rings is 1. The highest BCUT2D eigenvalue weighted by atomic mass is 32.2. The van der Waals surface area contributed by atoms with Crippen molar-refractivity contribution in [3.05, 3.63) is 65.2 Å². The fourth-order valence-electron chi connectivity index (χ4n) is 3.10. The van der Waals surface area contributed by atoms with Crippen molar-refractivity contribution in [1.29, 1.82) is 0 Å². The summed E-state index contributed by atoms with van der Waals surface area (Å²) in [5.41, 5.74) is 3.47. The zero-order valence-corrected chi connectivity index (χ0v) is 20.6. The highest BCUT2D eigenvalue weighted by Gasteiger charge is 2.14. The predicted octanol–water partition coefficient (Wildman–Crippen LogP) is 5.03. The van der Waals surface area contributed by atoms with Crippen LogP contribution in [0.3, 0.4) is 0 Å². The number of thioether (sulfide) groups is 1. The highest BCUT2D eigenvalue weighted by molar-refractivity contribution is 7.98. The van der Waals surface area contributed by atoms with Crippen molar-refractivity contribution in [3.8, 4) is 11.3 Å². The van der Waals surface area contributed by atoms with Crippen LogP contribution in [0, 0.1) is 6.92 Å². The number of rotatable bonds is 8. The zero-order chi connectivity index (χ0) is 23.4. The van der Waals surface area contributed by atoms with Crippen LogP contribution in [0.4, 0.5) is 23.0 Å². The Balaban J connectivity index is 1.58. The summed E-state index contributed by atoms with van der Waals surface area (Å²) in [6.45, 7) is 1.98. The second-order valence-electron chi connectivity index (χ2n) is 6.94. The third-order valence-electron chi connectivity index (χ3n) is 4.73. The molecular formula is C22H22N6O2S3. The van der Waals surface area contributed by atoms with Crippen LogP contribution in [-0.2, 0) is 10.0 Å². The third-order valence-corrected chi connectivity index (χ3v) is 7.71. The molecule has 0 saturated heterocycles. The van der Waals surface area contributed by atoms with Crippen molar-refractivity contribution in [2.45, 2.75) is 16.7 Å². The Labute approximate surface area is 201 Å². The van der Waals surface area contributed by atoms with Gasteiger partial charge in [0.1, 0.15) is 18.0 Å². The van der Waals surface area contributed by atoms with E-state index in [0.29, 0.717) is 17.3 Å². The minimum atomic E-state index is -3.56. The summed E-state index contributed by atoms with van der Waals surface area (Å²) in [6, 6.07) is 14.6. The molecule has 33 heavy (non-hydrogen) atoms. The monoisotopic (exact) mass is 498 g/mol. The van der Waals surface area contributed by atoms with Crippen molar-refractivity contribution >= 4 is 56.1 Å². The van der Waals surface area contributed by atoms with Gasteiger partial charge < -0.3 is 10.6 Å². The Kier molecular flexibility index (Phi) is 6.94. The van der Waals surface area contributed by atoms with E-state index in [-0.39, 0.29) is 4.90 Å². The average Bonchev–Trinajstić information content (AvgIpc) is 3.26. The van der Waals surface area contributed by atoms with E-state index in [1.54, 1.807) is 35.6 Å². The number of nitrogens with one attached hydrogen (secondary N) is 3. The first-order valence-electron chi connectivity index (χ1n) is 9.88. The summed E-state index contributed by atoms with van der Waals surface area (Å²) in [4.78, 5) is 14.2. The van der Waals surface area contributed by atoms with Gasteiger partial charge in [-0.3, -0.25) is 0 Å². The molecule has 170 valence electrons. The molecule has 0 unspecified atom stereocenters. The largest absolute Gasteiger partial charge is 0.340 e. The number of hydrogen-bond acceptors (Lipinski definition) is 9. The molecule has 0 saturated carbocycles. The predicted molar refractivity (Wildman–Crippen MR) is 135 cm³/mol. The smallest absolute Gasteiger partial charge is 0.240 e. The SMILES string of the molecule is CNS(=O)(=O)c1ccc(SC)c(Nc2cc(Nc3cccc(-c4csc(C)n4)c3)ncn2)c1. The molecule has 4 rings (SSSR count). The normalized spacial score (nSPS) is 11.4. The molecule has 0 amide bonds. The van der Waals surface area contributed by atoms with Crippen LogP contribution in [0.1, 0.15) is 5.01 Å². The highest BCUT2D eigenvalue weighted by Crippen LogP contribution is 2.31. The molecule has 8 nitrogen and oxygen atoms in total. The molecule has 0 spiro atoms. The molecule has 0 atom stereocenters. The quantitative estimate of drug-likeness (QED) is 0.290. The molecule has 4 aromatic rings. The van der Waals surface area contributed by atoms with Gasteiger partial charge in [-0.25, -0.2) is 28.1 Å². The lowest BCUT2D eigenvalue weighted by Gasteiger charge is -2.13. The van der Waals surface area contributed by atoms with E-state index in [1.165, 1.54) is 25.1 Å². The van der Waals surface area contributed by atoms with Gasteiger partial charge in [0.05, 0.1) is 21.3 Å². The lowest BCUT2D eigenvalue weighted by atomic mass is 10.1. The summed E-state index contributed by atoms with van der Waals surface area (Å²) in [5.74, 6) is 1.14. The van der Waals surface area contributed by atoms with E-state index in [2.05, 4.69) is 30.3 Å². The topological polar surface area (TPSA) is 109 Å². The van der Waals surface area contributed by atoms with Crippen LogP contribution in [0.25, 0.3) is 11.3 Å². The lowest BCUT2D eigenvalue weighted by molar-refractivity contribution is 0.588. The van der Waals surface area contributed by atoms with Gasteiger partial charge in [0.15, 0.2) is 0 Å². The van der Waals surface area contributed by atoms with E-state index in [1.807, 2.05) is 42.8 Å². The molecule has 0 aliphatic carbocycles. The summed E-state index contributed by atoms with van der Waals surface area (Å²) in [5, 5.41) is 9.56. The van der Waals surface area contributed by atoms with Crippen LogP contribution >= 0.6 is 23.1 Å². The molecule has 2 heterocycles. The minimum Gasteiger partial charge on any atom is -0.340 e. The molecule has 2 aromatic carbocycles. The van der Waals surface area contributed by atoms with Crippen molar-refractivity contribution < 1.29 is 8.42 Å². The first-order chi connectivity index (χ1) is 15.9. The number of aryl methyl sites for hydroxylation is 1. The Morgan fingerprint density at radius 3 is 2.48 bits per heavy atom. The number of anilines is 4. The number of benzene rings is 2. The van der Waals surface area contributed by atoms with Gasteiger partial charge in [0.2, 0.25) is 10.0 Å². The number of aromatic nitrogens is 3. The van der Waals surface area contributed by atoms with E-state index >= 15 is 0 Å². The second-order valence-corrected chi connectivity index (χ2v) is 10.7. The summed E-state index contributed by atoms with van der Waals surface area (Å²) < 4.78 is 26.8. The van der Waals surface area contributed by atoms with Crippen LogP contribution in [0.5, 0.6) is 0 Å². The fourth-order valence-corrected chi connectivity index (χ4v) is 5.01. The van der Waals surface area contributed by atoms with E-state index in [0.717, 1.165) is 26.8 Å². The average molecular weight is 499 g/mol. The van der Waals surface area contributed by atoms with Gasteiger partial charge in [0.25, 0.3) is 0 Å². The van der Waals surface area contributed by atoms with Gasteiger partial charge >= 0.3 is 0 Å². The van der Waals surface area contributed by atoms with Gasteiger partial charge in [0, 0.05) is 27.6 Å². The molecule has 11 heteroatoms. The molecule has 0 radical (unpaired) electrons. The van der Waals surface area contributed by atoms with Gasteiger partial charge in [-0.2, -0.15) is 0 Å². The molecular weight excluding hydrogens is 476 g/mol. The Morgan fingerprint density at radius 2 is 1.79 bits per heavy atom. The van der Waals surface area contributed by atoms with Gasteiger partial charge in [-0.1, -0.05) is 12.1 Å². The maximum atomic E-state index is 12.2. The number of nitrogens with zero attached hydrogens (tertiary/aromatic N) is 3. The lowest BCUT2D eigenvalue weighted by Crippen LogP contribution is -2.18. The standard InChI is InChI=1S/C22H22N6O2S3/c1-14-26-19(12-32-14)15-5-4-6-16(9-15)27-21-11-22(25-13-24-21)28-18-10-17(33(29,30)23-2)7-8-20(18)31-3/h4-13,23H,1-3H3,(H2,24,25,27,28). The fraction of sp³-hybridized carbons (Fsp3) is 0.136. The molecule has 3 N–H and O–H groups in total. The van der Waals surface area contributed by atoms with Crippen molar-refractivity contribution in [3.63, 3.8) is 0 Å². The van der Waals surface area contributed by atoms with Gasteiger partial charge in [-0.15, -0.1) is 23.1 Å². The van der Waals surface area contributed by atoms with Crippen LogP contribution < -0.4 is 15.4 Å². The molecule has 0 bridgehead atoms. The van der Waals surface area contributed by atoms with Crippen LogP contribution in [0.2, 0.25) is 0 Å². The van der Waals surface area contributed by atoms with Gasteiger partial charge in [-0.05, 0) is 50.6 Å². The molecule has 0 aliphatic heterocycles. The van der Waals surface area contributed by atoms with Crippen molar-refractivity contribution in [2.24, 2.45) is 0 Å². The Morgan fingerprint density at radius 1 is 1.00 bits per heavy atom. The first kappa shape index (κ1) is 23.2. The molecule has 0 aliphatic rings. The molecule has 2 aromatic heterocycles. The number of sulfonamides is 1. The summed E-state index contributed by atoms with van der Waals surface area (Å²) >= 11 is 3.12. The molecule has 0 fully saturated rings. The van der Waals surface area contributed by atoms with Crippen molar-refractivity contribution in [2.75, 3.05) is 23.9 Å². The maximum absolute atomic E-state index is 12.2. The summed E-state index contributed by atoms with van der Waals surface area (Å²) in [6.07, 6.45) is 3.38. The van der Waals surface area contributed by atoms with E-state index in [4.69, 9.17) is 0 Å². The van der Waals surface area contributed by atoms with Crippen LogP contribution in [0.15, 0.2) is 70.0 Å². The third kappa shape index (κ3) is 5.50. The Bertz CT molecular complexity index is 1390. The van der Waals surface area contributed by atoms with E-state index < -0.39 is 10.0 Å².